The summed E-state index contributed by atoms with van der Waals surface area (Å²) < 4.78 is 15.5. The van der Waals surface area contributed by atoms with Crippen molar-refractivity contribution in [3.8, 4) is 11.1 Å². The van der Waals surface area contributed by atoms with E-state index in [9.17, 15) is 9.59 Å². The molecule has 1 aromatic heterocycles. The van der Waals surface area contributed by atoms with Crippen molar-refractivity contribution in [1.29, 1.82) is 0 Å². The highest BCUT2D eigenvalue weighted by molar-refractivity contribution is 6.05. The zero-order valence-electron chi connectivity index (χ0n) is 17.2. The van der Waals surface area contributed by atoms with Gasteiger partial charge in [0, 0.05) is 6.07 Å². The van der Waals surface area contributed by atoms with Gasteiger partial charge in [0.25, 0.3) is 5.91 Å². The van der Waals surface area contributed by atoms with Crippen molar-refractivity contribution in [3.05, 3.63) is 77.7 Å². The number of rotatable bonds is 8. The standard InChI is InChI=1S/C23H24N2O5/c1-16-13-20(25-30-16)14-24-21(26)23(2,22(27)28-3)29-15-17-9-11-19(12-10-17)18-7-5-4-6-8-18/h4-13H,14-15H2,1-3H3,(H,24,26). The van der Waals surface area contributed by atoms with Crippen LogP contribution in [0.25, 0.3) is 11.1 Å². The van der Waals surface area contributed by atoms with Gasteiger partial charge in [-0.1, -0.05) is 59.8 Å². The average molecular weight is 408 g/mol. The molecule has 0 aliphatic rings. The highest BCUT2D eigenvalue weighted by atomic mass is 16.6. The molecule has 156 valence electrons. The number of methoxy groups -OCH3 is 1. The Morgan fingerprint density at radius 2 is 1.73 bits per heavy atom. The summed E-state index contributed by atoms with van der Waals surface area (Å²) in [6.07, 6.45) is 0. The zero-order chi connectivity index (χ0) is 21.6. The fourth-order valence-electron chi connectivity index (χ4n) is 2.90. The highest BCUT2D eigenvalue weighted by Crippen LogP contribution is 2.21. The third kappa shape index (κ3) is 4.93. The van der Waals surface area contributed by atoms with E-state index in [1.165, 1.54) is 14.0 Å². The van der Waals surface area contributed by atoms with E-state index in [-0.39, 0.29) is 13.2 Å². The molecule has 7 nitrogen and oxygen atoms in total. The predicted octanol–water partition coefficient (Wildman–Crippen LogP) is 3.41. The highest BCUT2D eigenvalue weighted by Gasteiger charge is 2.43. The minimum Gasteiger partial charge on any atom is -0.466 e. The van der Waals surface area contributed by atoms with Gasteiger partial charge in [-0.05, 0) is 30.5 Å². The lowest BCUT2D eigenvalue weighted by Crippen LogP contribution is -2.52. The molecule has 0 radical (unpaired) electrons. The lowest BCUT2D eigenvalue weighted by molar-refractivity contribution is -0.175. The topological polar surface area (TPSA) is 90.7 Å². The van der Waals surface area contributed by atoms with E-state index in [1.807, 2.05) is 54.6 Å². The van der Waals surface area contributed by atoms with Crippen molar-refractivity contribution < 1.29 is 23.6 Å². The van der Waals surface area contributed by atoms with Gasteiger partial charge in [0.15, 0.2) is 0 Å². The Kier molecular flexibility index (Phi) is 6.64. The lowest BCUT2D eigenvalue weighted by atomic mass is 10.0. The van der Waals surface area contributed by atoms with Crippen LogP contribution in [0.5, 0.6) is 0 Å². The molecular formula is C23H24N2O5. The molecule has 1 atom stereocenters. The number of esters is 1. The third-order valence-corrected chi connectivity index (χ3v) is 4.70. The molecule has 1 N–H and O–H groups in total. The van der Waals surface area contributed by atoms with Gasteiger partial charge in [-0.15, -0.1) is 0 Å². The normalized spacial score (nSPS) is 12.8. The molecule has 1 unspecified atom stereocenters. The van der Waals surface area contributed by atoms with Gasteiger partial charge in [0.05, 0.1) is 20.3 Å². The largest absolute Gasteiger partial charge is 0.466 e. The summed E-state index contributed by atoms with van der Waals surface area (Å²) in [5.41, 5.74) is 1.74. The van der Waals surface area contributed by atoms with Crippen molar-refractivity contribution >= 4 is 11.9 Å². The second-order valence-corrected chi connectivity index (χ2v) is 6.99. The molecular weight excluding hydrogens is 384 g/mol. The minimum absolute atomic E-state index is 0.0666. The number of ether oxygens (including phenoxy) is 2. The summed E-state index contributed by atoms with van der Waals surface area (Å²) in [7, 11) is 1.22. The SMILES string of the molecule is COC(=O)C(C)(OCc1ccc(-c2ccccc2)cc1)C(=O)NCc1cc(C)on1. The molecule has 0 aliphatic carbocycles. The molecule has 0 bridgehead atoms. The molecule has 0 fully saturated rings. The summed E-state index contributed by atoms with van der Waals surface area (Å²) in [6.45, 7) is 3.32. The van der Waals surface area contributed by atoms with E-state index < -0.39 is 17.5 Å². The van der Waals surface area contributed by atoms with E-state index in [2.05, 4.69) is 10.5 Å². The Morgan fingerprint density at radius 3 is 2.33 bits per heavy atom. The third-order valence-electron chi connectivity index (χ3n) is 4.70. The van der Waals surface area contributed by atoms with E-state index in [4.69, 9.17) is 14.0 Å². The molecule has 3 rings (SSSR count). The van der Waals surface area contributed by atoms with Gasteiger partial charge in [-0.3, -0.25) is 4.79 Å². The van der Waals surface area contributed by atoms with Crippen LogP contribution in [0.4, 0.5) is 0 Å². The molecule has 30 heavy (non-hydrogen) atoms. The number of aryl methyl sites for hydroxylation is 1. The second-order valence-electron chi connectivity index (χ2n) is 6.99. The Bertz CT molecular complexity index is 998. The van der Waals surface area contributed by atoms with Gasteiger partial charge >= 0.3 is 5.97 Å². The van der Waals surface area contributed by atoms with Gasteiger partial charge in [0.1, 0.15) is 11.5 Å². The first-order valence-electron chi connectivity index (χ1n) is 9.49. The van der Waals surface area contributed by atoms with Crippen LogP contribution < -0.4 is 5.32 Å². The van der Waals surface area contributed by atoms with Crippen LogP contribution in [-0.4, -0.2) is 29.7 Å². The minimum atomic E-state index is -1.80. The molecule has 1 heterocycles. The molecule has 0 spiro atoms. The summed E-state index contributed by atoms with van der Waals surface area (Å²) in [5.74, 6) is -0.765. The number of hydrogen-bond acceptors (Lipinski definition) is 6. The van der Waals surface area contributed by atoms with E-state index >= 15 is 0 Å². The first-order chi connectivity index (χ1) is 14.4. The Balaban J connectivity index is 1.66. The second kappa shape index (κ2) is 9.37. The fourth-order valence-corrected chi connectivity index (χ4v) is 2.90. The summed E-state index contributed by atoms with van der Waals surface area (Å²) in [6, 6.07) is 19.4. The average Bonchev–Trinajstić information content (AvgIpc) is 3.21. The summed E-state index contributed by atoms with van der Waals surface area (Å²) in [4.78, 5) is 25.0. The molecule has 0 saturated heterocycles. The molecule has 3 aromatic rings. The monoisotopic (exact) mass is 408 g/mol. The number of carbonyl (C=O) groups is 2. The van der Waals surface area contributed by atoms with E-state index in [0.717, 1.165) is 16.7 Å². The van der Waals surface area contributed by atoms with E-state index in [1.54, 1.807) is 13.0 Å². The van der Waals surface area contributed by atoms with Crippen LogP contribution in [0.1, 0.15) is 23.9 Å². The van der Waals surface area contributed by atoms with Gasteiger partial charge in [-0.2, -0.15) is 0 Å². The molecule has 7 heteroatoms. The maximum Gasteiger partial charge on any atom is 0.347 e. The Labute approximate surface area is 175 Å². The van der Waals surface area contributed by atoms with Crippen molar-refractivity contribution in [2.24, 2.45) is 0 Å². The van der Waals surface area contributed by atoms with Crippen LogP contribution in [-0.2, 0) is 32.2 Å². The Morgan fingerprint density at radius 1 is 1.07 bits per heavy atom. The molecule has 1 amide bonds. The van der Waals surface area contributed by atoms with Gasteiger partial charge in [-0.25, -0.2) is 4.79 Å². The number of nitrogens with zero attached hydrogens (tertiary/aromatic N) is 1. The van der Waals surface area contributed by atoms with Gasteiger partial charge in [0.2, 0.25) is 5.60 Å². The molecule has 2 aromatic carbocycles. The number of carbonyl (C=O) groups excluding carboxylic acids is 2. The smallest absolute Gasteiger partial charge is 0.347 e. The van der Waals surface area contributed by atoms with Crippen LogP contribution >= 0.6 is 0 Å². The summed E-state index contributed by atoms with van der Waals surface area (Å²) >= 11 is 0. The Hall–Kier alpha value is -3.45. The van der Waals surface area contributed by atoms with Gasteiger partial charge < -0.3 is 19.3 Å². The van der Waals surface area contributed by atoms with Crippen molar-refractivity contribution in [2.45, 2.75) is 32.6 Å². The molecule has 0 saturated carbocycles. The first kappa shape index (κ1) is 21.3. The number of hydrogen-bond donors (Lipinski definition) is 1. The maximum atomic E-state index is 12.7. The summed E-state index contributed by atoms with van der Waals surface area (Å²) in [5, 5.41) is 6.46. The lowest BCUT2D eigenvalue weighted by Gasteiger charge is -2.25. The van der Waals surface area contributed by atoms with Crippen molar-refractivity contribution in [2.75, 3.05) is 7.11 Å². The first-order valence-corrected chi connectivity index (χ1v) is 9.49. The maximum absolute atomic E-state index is 12.7. The van der Waals surface area contributed by atoms with Crippen molar-refractivity contribution in [3.63, 3.8) is 0 Å². The van der Waals surface area contributed by atoms with Crippen LogP contribution in [0, 0.1) is 6.92 Å². The van der Waals surface area contributed by atoms with E-state index in [0.29, 0.717) is 11.5 Å². The zero-order valence-corrected chi connectivity index (χ0v) is 17.2. The van der Waals surface area contributed by atoms with Crippen LogP contribution in [0.15, 0.2) is 65.2 Å². The number of benzene rings is 2. The van der Waals surface area contributed by atoms with Crippen LogP contribution in [0.3, 0.4) is 0 Å². The number of aromatic nitrogens is 1. The predicted molar refractivity (Wildman–Crippen MR) is 110 cm³/mol. The number of nitrogens with one attached hydrogen (secondary N) is 1. The molecule has 0 aliphatic heterocycles. The fraction of sp³-hybridized carbons (Fsp3) is 0.261. The van der Waals surface area contributed by atoms with Crippen LogP contribution in [0.2, 0.25) is 0 Å². The number of amides is 1. The quantitative estimate of drug-likeness (QED) is 0.454. The van der Waals surface area contributed by atoms with Crippen molar-refractivity contribution in [1.82, 2.24) is 10.5 Å².